The lowest BCUT2D eigenvalue weighted by Crippen LogP contribution is -2.12. The van der Waals surface area contributed by atoms with Gasteiger partial charge in [0.15, 0.2) is 0 Å². The van der Waals surface area contributed by atoms with E-state index in [1.807, 2.05) is 0 Å². The Balaban J connectivity index is 2.70. The summed E-state index contributed by atoms with van der Waals surface area (Å²) >= 11 is 0. The van der Waals surface area contributed by atoms with Gasteiger partial charge in [-0.3, -0.25) is 4.79 Å². The smallest absolute Gasteiger partial charge is 0.266 e. The van der Waals surface area contributed by atoms with Gasteiger partial charge in [-0.25, -0.2) is 16.8 Å². The molecule has 0 aliphatic rings. The molecule has 3 aromatic rings. The van der Waals surface area contributed by atoms with Crippen LogP contribution >= 0.6 is 0 Å². The third-order valence-electron chi connectivity index (χ3n) is 3.49. The van der Waals surface area contributed by atoms with Gasteiger partial charge in [-0.15, -0.1) is 0 Å². The molecule has 27 heavy (non-hydrogen) atoms. The van der Waals surface area contributed by atoms with E-state index < -0.39 is 40.7 Å². The Morgan fingerprint density at radius 1 is 0.852 bits per heavy atom. The van der Waals surface area contributed by atoms with Gasteiger partial charge in [0, 0.05) is 18.9 Å². The van der Waals surface area contributed by atoms with Crippen LogP contribution in [0.5, 0.6) is 0 Å². The van der Waals surface area contributed by atoms with Gasteiger partial charge in [-0.1, -0.05) is 12.1 Å². The molecule has 1 heterocycles. The van der Waals surface area contributed by atoms with E-state index in [-0.39, 0.29) is 16.6 Å². The Morgan fingerprint density at radius 2 is 1.48 bits per heavy atom. The van der Waals surface area contributed by atoms with Crippen LogP contribution in [-0.4, -0.2) is 16.8 Å². The molecule has 14 heteroatoms. The second kappa shape index (κ2) is 6.30. The normalized spacial score (nSPS) is 11.7. The molecule has 0 aliphatic heterocycles. The minimum atomic E-state index is -4.97. The standard InChI is InChI=1S/C13H6N6O6S2/c14-16-18-26(21,22)10-6-5-9-11(13(10)27(23,24)19-17-15)12(20)7-3-1-2-4-8(7)25-9/h1-6H. The first kappa shape index (κ1) is 18.2. The Kier molecular flexibility index (Phi) is 4.25. The summed E-state index contributed by atoms with van der Waals surface area (Å²) in [5.41, 5.74) is 16.0. The van der Waals surface area contributed by atoms with E-state index >= 15 is 0 Å². The van der Waals surface area contributed by atoms with Crippen LogP contribution in [0.3, 0.4) is 0 Å². The van der Waals surface area contributed by atoms with Crippen LogP contribution < -0.4 is 5.43 Å². The second-order valence-corrected chi connectivity index (χ2v) is 8.06. The van der Waals surface area contributed by atoms with Crippen LogP contribution in [0.4, 0.5) is 0 Å². The van der Waals surface area contributed by atoms with Gasteiger partial charge in [0.1, 0.15) is 16.1 Å². The zero-order chi connectivity index (χ0) is 19.8. The van der Waals surface area contributed by atoms with Crippen molar-refractivity contribution in [3.63, 3.8) is 0 Å². The molecule has 0 saturated carbocycles. The van der Waals surface area contributed by atoms with Crippen LogP contribution in [-0.2, 0) is 20.0 Å². The molecule has 3 rings (SSSR count). The summed E-state index contributed by atoms with van der Waals surface area (Å²) in [6, 6.07) is 7.70. The molecule has 2 aromatic carbocycles. The average molecular weight is 406 g/mol. The molecule has 0 aliphatic carbocycles. The molecule has 12 nitrogen and oxygen atoms in total. The van der Waals surface area contributed by atoms with Gasteiger partial charge >= 0.3 is 0 Å². The van der Waals surface area contributed by atoms with E-state index in [1.165, 1.54) is 18.2 Å². The van der Waals surface area contributed by atoms with Gasteiger partial charge in [-0.05, 0) is 35.3 Å². The fourth-order valence-electron chi connectivity index (χ4n) is 2.48. The Labute approximate surface area is 150 Å². The monoisotopic (exact) mass is 406 g/mol. The highest BCUT2D eigenvalue weighted by molar-refractivity contribution is 7.93. The summed E-state index contributed by atoms with van der Waals surface area (Å²) in [6.45, 7) is 0. The number of azide groups is 2. The molecule has 1 aromatic heterocycles. The Hall–Kier alpha value is -3.57. The van der Waals surface area contributed by atoms with Crippen molar-refractivity contribution in [3.8, 4) is 0 Å². The first-order valence-corrected chi connectivity index (χ1v) is 9.72. The zero-order valence-electron chi connectivity index (χ0n) is 12.9. The minimum absolute atomic E-state index is 0.0271. The minimum Gasteiger partial charge on any atom is -0.456 e. The van der Waals surface area contributed by atoms with Crippen molar-refractivity contribution in [2.75, 3.05) is 0 Å². The summed E-state index contributed by atoms with van der Waals surface area (Å²) in [5, 5.41) is -0.670. The van der Waals surface area contributed by atoms with Crippen molar-refractivity contribution in [2.45, 2.75) is 9.79 Å². The van der Waals surface area contributed by atoms with E-state index in [2.05, 4.69) is 18.9 Å². The van der Waals surface area contributed by atoms with Gasteiger partial charge in [-0.2, -0.15) is 0 Å². The maximum atomic E-state index is 12.8. The highest BCUT2D eigenvalue weighted by atomic mass is 32.2. The molecule has 0 spiro atoms. The maximum Gasteiger partial charge on any atom is 0.266 e. The Morgan fingerprint density at radius 3 is 2.15 bits per heavy atom. The lowest BCUT2D eigenvalue weighted by atomic mass is 10.1. The summed E-state index contributed by atoms with van der Waals surface area (Å²) in [6.07, 6.45) is 0. The summed E-state index contributed by atoms with van der Waals surface area (Å²) in [5.74, 6) is 0. The quantitative estimate of drug-likeness (QED) is 0.276. The molecule has 0 N–H and O–H groups in total. The number of nitrogens with zero attached hydrogens (tertiary/aromatic N) is 6. The topological polar surface area (TPSA) is 196 Å². The average Bonchev–Trinajstić information content (AvgIpc) is 2.61. The predicted octanol–water partition coefficient (Wildman–Crippen LogP) is 2.94. The molecule has 0 amide bonds. The number of hydrogen-bond donors (Lipinski definition) is 0. The molecular formula is C13H6N6O6S2. The second-order valence-electron chi connectivity index (χ2n) is 4.99. The predicted molar refractivity (Wildman–Crippen MR) is 92.7 cm³/mol. The van der Waals surface area contributed by atoms with E-state index in [0.29, 0.717) is 0 Å². The van der Waals surface area contributed by atoms with E-state index in [1.54, 1.807) is 6.07 Å². The van der Waals surface area contributed by atoms with E-state index in [9.17, 15) is 21.6 Å². The van der Waals surface area contributed by atoms with Crippen LogP contribution in [0.15, 0.2) is 64.4 Å². The van der Waals surface area contributed by atoms with Crippen molar-refractivity contribution in [3.05, 3.63) is 67.5 Å². The molecular weight excluding hydrogens is 400 g/mol. The molecule has 0 saturated heterocycles. The van der Waals surface area contributed by atoms with Crippen molar-refractivity contribution in [1.29, 1.82) is 0 Å². The third-order valence-corrected chi connectivity index (χ3v) is 6.03. The zero-order valence-corrected chi connectivity index (χ0v) is 14.5. The largest absolute Gasteiger partial charge is 0.456 e. The number of fused-ring (bicyclic) bond motifs is 2. The number of sulfonamides is 2. The molecule has 0 radical (unpaired) electrons. The molecule has 0 unspecified atom stereocenters. The van der Waals surface area contributed by atoms with Crippen molar-refractivity contribution >= 4 is 42.0 Å². The van der Waals surface area contributed by atoms with Crippen LogP contribution in [0.25, 0.3) is 42.8 Å². The number of para-hydroxylation sites is 1. The van der Waals surface area contributed by atoms with Crippen molar-refractivity contribution in [1.82, 2.24) is 0 Å². The lowest BCUT2D eigenvalue weighted by molar-refractivity contribution is 0.584. The summed E-state index contributed by atoms with van der Waals surface area (Å²) in [4.78, 5) is 15.0. The van der Waals surface area contributed by atoms with Crippen LogP contribution in [0.2, 0.25) is 0 Å². The number of hydrogen-bond acceptors (Lipinski definition) is 6. The first-order chi connectivity index (χ1) is 12.7. The van der Waals surface area contributed by atoms with Crippen LogP contribution in [0, 0.1) is 0 Å². The highest BCUT2D eigenvalue weighted by Gasteiger charge is 2.30. The van der Waals surface area contributed by atoms with E-state index in [0.717, 1.165) is 12.1 Å². The fraction of sp³-hybridized carbons (Fsp3) is 0. The third kappa shape index (κ3) is 2.94. The van der Waals surface area contributed by atoms with Gasteiger partial charge in [0.2, 0.25) is 5.43 Å². The first-order valence-electron chi connectivity index (χ1n) is 6.84. The fourth-order valence-corrected chi connectivity index (χ4v) is 4.83. The summed E-state index contributed by atoms with van der Waals surface area (Å²) in [7, 11) is -9.81. The van der Waals surface area contributed by atoms with Gasteiger partial charge < -0.3 is 4.42 Å². The SMILES string of the molecule is [N-]=[N+]=NS(=O)(=O)c1ccc2oc3ccccc3c(=O)c2c1S(=O)(=O)N=[N+]=[N-]. The van der Waals surface area contributed by atoms with Crippen molar-refractivity contribution < 1.29 is 21.3 Å². The number of rotatable bonds is 4. The van der Waals surface area contributed by atoms with Gasteiger partial charge in [0.25, 0.3) is 20.0 Å². The lowest BCUT2D eigenvalue weighted by Gasteiger charge is -2.09. The molecule has 136 valence electrons. The van der Waals surface area contributed by atoms with Gasteiger partial charge in [0.05, 0.1) is 15.7 Å². The summed E-state index contributed by atoms with van der Waals surface area (Å²) < 4.78 is 59.8. The molecule has 0 atom stereocenters. The Bertz CT molecular complexity index is 1480. The van der Waals surface area contributed by atoms with Crippen molar-refractivity contribution in [2.24, 2.45) is 9.04 Å². The maximum absolute atomic E-state index is 12.8. The molecule has 0 bridgehead atoms. The molecule has 0 fully saturated rings. The highest BCUT2D eigenvalue weighted by Crippen LogP contribution is 2.32. The van der Waals surface area contributed by atoms with E-state index in [4.69, 9.17) is 15.5 Å². The van der Waals surface area contributed by atoms with Crippen LogP contribution in [0.1, 0.15) is 0 Å². The number of benzene rings is 2.